The summed E-state index contributed by atoms with van der Waals surface area (Å²) in [7, 11) is 0. The average molecular weight is 490 g/mol. The van der Waals surface area contributed by atoms with Crippen molar-refractivity contribution < 1.29 is 14.2 Å². The van der Waals surface area contributed by atoms with Crippen LogP contribution in [0.15, 0.2) is 71.8 Å². The monoisotopic (exact) mass is 489 g/mol. The van der Waals surface area contributed by atoms with Crippen LogP contribution in [-0.2, 0) is 6.61 Å². The van der Waals surface area contributed by atoms with E-state index >= 15 is 0 Å². The average Bonchev–Trinajstić information content (AvgIpc) is 2.83. The van der Waals surface area contributed by atoms with Gasteiger partial charge < -0.3 is 19.5 Å². The Hall–Kier alpha value is -3.58. The van der Waals surface area contributed by atoms with Crippen molar-refractivity contribution in [3.8, 4) is 17.2 Å². The van der Waals surface area contributed by atoms with Crippen molar-refractivity contribution in [2.75, 3.05) is 11.9 Å². The highest BCUT2D eigenvalue weighted by Crippen LogP contribution is 2.36. The lowest BCUT2D eigenvalue weighted by Gasteiger charge is -2.33. The number of thiocarbonyl (C=S) groups is 1. The number of fused-ring (bicyclic) bond motifs is 1. The van der Waals surface area contributed by atoms with Gasteiger partial charge in [-0.1, -0.05) is 36.4 Å². The Morgan fingerprint density at radius 3 is 2.63 bits per heavy atom. The summed E-state index contributed by atoms with van der Waals surface area (Å²) in [6.45, 7) is 9.19. The van der Waals surface area contributed by atoms with Crippen molar-refractivity contribution in [3.05, 3.63) is 83.4 Å². The fourth-order valence-electron chi connectivity index (χ4n) is 3.90. The normalized spacial score (nSPS) is 15.0. The predicted molar refractivity (Wildman–Crippen MR) is 145 cm³/mol. The first-order valence-electron chi connectivity index (χ1n) is 11.7. The van der Waals surface area contributed by atoms with Crippen LogP contribution in [0.5, 0.6) is 17.2 Å². The van der Waals surface area contributed by atoms with Crippen LogP contribution in [0.4, 0.5) is 5.69 Å². The minimum absolute atomic E-state index is 0.377. The number of hydrazone groups is 1. The van der Waals surface area contributed by atoms with Crippen LogP contribution < -0.4 is 25.0 Å². The number of ether oxygens (including phenoxy) is 3. The summed E-state index contributed by atoms with van der Waals surface area (Å²) in [5.41, 5.74) is 7.47. The van der Waals surface area contributed by atoms with E-state index in [9.17, 15) is 0 Å². The Kier molecular flexibility index (Phi) is 7.56. The number of hydrogen-bond acceptors (Lipinski definition) is 5. The summed E-state index contributed by atoms with van der Waals surface area (Å²) >= 11 is 5.50. The first kappa shape index (κ1) is 24.5. The maximum atomic E-state index is 6.20. The van der Waals surface area contributed by atoms with Crippen molar-refractivity contribution in [1.82, 2.24) is 5.43 Å². The van der Waals surface area contributed by atoms with E-state index in [-0.39, 0.29) is 0 Å². The van der Waals surface area contributed by atoms with Gasteiger partial charge in [-0.3, -0.25) is 5.43 Å². The van der Waals surface area contributed by atoms with E-state index in [0.717, 1.165) is 39.8 Å². The third-order valence-electron chi connectivity index (χ3n) is 5.62. The molecule has 2 N–H and O–H groups in total. The molecule has 4 rings (SSSR count). The van der Waals surface area contributed by atoms with Gasteiger partial charge >= 0.3 is 0 Å². The second-order valence-electron chi connectivity index (χ2n) is 8.97. The lowest BCUT2D eigenvalue weighted by molar-refractivity contribution is 0.111. The number of nitrogens with one attached hydrogen (secondary N) is 2. The van der Waals surface area contributed by atoms with Crippen LogP contribution in [-0.4, -0.2) is 23.0 Å². The molecule has 3 aromatic carbocycles. The van der Waals surface area contributed by atoms with E-state index < -0.39 is 5.60 Å². The number of para-hydroxylation sites is 2. The molecule has 35 heavy (non-hydrogen) atoms. The fraction of sp³-hybridized carbons (Fsp3) is 0.286. The number of anilines is 1. The van der Waals surface area contributed by atoms with Gasteiger partial charge in [0.05, 0.1) is 18.0 Å². The SMILES string of the molecule is CCOc1ccccc1NC(=S)N/N=C1\CC(C)(C)Oc2ccc(OCc3ccccc3C)cc21. The van der Waals surface area contributed by atoms with Gasteiger partial charge in [-0.25, -0.2) is 0 Å². The minimum Gasteiger partial charge on any atom is -0.492 e. The zero-order chi connectivity index (χ0) is 24.8. The molecule has 0 unspecified atom stereocenters. The second kappa shape index (κ2) is 10.8. The Labute approximate surface area is 212 Å². The zero-order valence-electron chi connectivity index (χ0n) is 20.6. The van der Waals surface area contributed by atoms with Crippen LogP contribution in [0.25, 0.3) is 0 Å². The molecular formula is C28H31N3O3S. The first-order chi connectivity index (χ1) is 16.8. The Morgan fingerprint density at radius 1 is 1.06 bits per heavy atom. The van der Waals surface area contributed by atoms with Crippen LogP contribution in [0.2, 0.25) is 0 Å². The highest BCUT2D eigenvalue weighted by molar-refractivity contribution is 7.80. The molecule has 0 bridgehead atoms. The molecule has 0 atom stereocenters. The molecule has 6 nitrogen and oxygen atoms in total. The van der Waals surface area contributed by atoms with Gasteiger partial charge in [-0.15, -0.1) is 0 Å². The molecule has 3 aromatic rings. The molecule has 0 saturated heterocycles. The van der Waals surface area contributed by atoms with Crippen molar-refractivity contribution in [3.63, 3.8) is 0 Å². The van der Waals surface area contributed by atoms with Gasteiger partial charge in [0, 0.05) is 12.0 Å². The lowest BCUT2D eigenvalue weighted by Crippen LogP contribution is -2.37. The summed E-state index contributed by atoms with van der Waals surface area (Å²) in [4.78, 5) is 0. The topological polar surface area (TPSA) is 64.1 Å². The number of nitrogens with zero attached hydrogens (tertiary/aromatic N) is 1. The molecule has 182 valence electrons. The lowest BCUT2D eigenvalue weighted by atomic mass is 9.92. The molecule has 0 radical (unpaired) electrons. The molecule has 0 fully saturated rings. The molecule has 1 heterocycles. The molecule has 0 spiro atoms. The van der Waals surface area contributed by atoms with Crippen LogP contribution in [0.1, 0.15) is 43.9 Å². The molecular weight excluding hydrogens is 458 g/mol. The first-order valence-corrected chi connectivity index (χ1v) is 12.1. The van der Waals surface area contributed by atoms with E-state index in [1.165, 1.54) is 5.56 Å². The standard InChI is InChI=1S/C28H31N3O3S/c1-5-32-26-13-9-8-12-23(26)29-27(35)31-30-24-17-28(3,4)34-25-15-14-21(16-22(24)25)33-18-20-11-7-6-10-19(20)2/h6-16H,5,17-18H2,1-4H3,(H2,29,31,35)/b30-24+. The smallest absolute Gasteiger partial charge is 0.191 e. The minimum atomic E-state index is -0.395. The third-order valence-corrected chi connectivity index (χ3v) is 5.82. The van der Waals surface area contributed by atoms with Crippen LogP contribution >= 0.6 is 12.2 Å². The van der Waals surface area contributed by atoms with E-state index in [1.807, 2.05) is 75.4 Å². The number of rotatable bonds is 7. The quantitative estimate of drug-likeness (QED) is 0.303. The summed E-state index contributed by atoms with van der Waals surface area (Å²) in [5.74, 6) is 2.26. The van der Waals surface area contributed by atoms with Gasteiger partial charge in [-0.05, 0) is 81.4 Å². The van der Waals surface area contributed by atoms with E-state index in [0.29, 0.717) is 24.7 Å². The van der Waals surface area contributed by atoms with Gasteiger partial charge in [0.15, 0.2) is 5.11 Å². The molecule has 7 heteroatoms. The summed E-state index contributed by atoms with van der Waals surface area (Å²) < 4.78 is 18.0. The maximum absolute atomic E-state index is 6.20. The van der Waals surface area contributed by atoms with E-state index in [1.54, 1.807) is 0 Å². The number of benzene rings is 3. The van der Waals surface area contributed by atoms with Crippen LogP contribution in [0, 0.1) is 6.92 Å². The van der Waals surface area contributed by atoms with E-state index in [4.69, 9.17) is 26.4 Å². The number of hydrogen-bond donors (Lipinski definition) is 2. The number of aryl methyl sites for hydroxylation is 1. The fourth-order valence-corrected chi connectivity index (χ4v) is 4.05. The molecule has 0 aromatic heterocycles. The van der Waals surface area contributed by atoms with Crippen molar-refractivity contribution in [2.45, 2.75) is 46.3 Å². The second-order valence-corrected chi connectivity index (χ2v) is 9.37. The van der Waals surface area contributed by atoms with Gasteiger partial charge in [0.1, 0.15) is 29.5 Å². The predicted octanol–water partition coefficient (Wildman–Crippen LogP) is 6.22. The highest BCUT2D eigenvalue weighted by atomic mass is 32.1. The summed E-state index contributed by atoms with van der Waals surface area (Å²) in [5, 5.41) is 8.20. The van der Waals surface area contributed by atoms with Crippen LogP contribution in [0.3, 0.4) is 0 Å². The largest absolute Gasteiger partial charge is 0.492 e. The summed E-state index contributed by atoms with van der Waals surface area (Å²) in [6, 6.07) is 21.7. The van der Waals surface area contributed by atoms with Crippen molar-refractivity contribution in [1.29, 1.82) is 0 Å². The molecule has 0 amide bonds. The Balaban J connectivity index is 1.51. The Morgan fingerprint density at radius 2 is 1.83 bits per heavy atom. The van der Waals surface area contributed by atoms with E-state index in [2.05, 4.69) is 34.9 Å². The maximum Gasteiger partial charge on any atom is 0.191 e. The summed E-state index contributed by atoms with van der Waals surface area (Å²) in [6.07, 6.45) is 0.617. The highest BCUT2D eigenvalue weighted by Gasteiger charge is 2.31. The van der Waals surface area contributed by atoms with Crippen molar-refractivity contribution >= 4 is 28.7 Å². The molecule has 1 aliphatic rings. The molecule has 1 aliphatic heterocycles. The van der Waals surface area contributed by atoms with Gasteiger partial charge in [-0.2, -0.15) is 5.10 Å². The van der Waals surface area contributed by atoms with Crippen molar-refractivity contribution in [2.24, 2.45) is 5.10 Å². The third kappa shape index (κ3) is 6.31. The Bertz CT molecular complexity index is 1240. The van der Waals surface area contributed by atoms with Gasteiger partial charge in [0.2, 0.25) is 0 Å². The van der Waals surface area contributed by atoms with Gasteiger partial charge in [0.25, 0.3) is 0 Å². The zero-order valence-corrected chi connectivity index (χ0v) is 21.4. The molecule has 0 aliphatic carbocycles. The molecule has 0 saturated carbocycles.